The number of hydrogen-bond acceptors (Lipinski definition) is 3. The number of amides is 1. The van der Waals surface area contributed by atoms with Crippen LogP contribution < -0.4 is 4.90 Å². The van der Waals surface area contributed by atoms with Crippen molar-refractivity contribution in [3.63, 3.8) is 0 Å². The number of benzene rings is 2. The smallest absolute Gasteiger partial charge is 0.277 e. The van der Waals surface area contributed by atoms with Crippen LogP contribution in [-0.4, -0.2) is 63.3 Å². The van der Waals surface area contributed by atoms with Gasteiger partial charge in [-0.05, 0) is 23.1 Å². The summed E-state index contributed by atoms with van der Waals surface area (Å²) in [6.07, 6.45) is 1.01. The summed E-state index contributed by atoms with van der Waals surface area (Å²) in [6.45, 7) is 5.33. The number of hydrogen-bond donors (Lipinski definition) is 1. The molecule has 162 valence electrons. The summed E-state index contributed by atoms with van der Waals surface area (Å²) in [6, 6.07) is 17.6. The Balaban J connectivity index is 1.46. The van der Waals surface area contributed by atoms with Crippen LogP contribution in [0.5, 0.6) is 0 Å². The highest BCUT2D eigenvalue weighted by atomic mass is 32.2. The number of rotatable bonds is 8. The maximum atomic E-state index is 12.7. The number of nitrogens with zero attached hydrogens (tertiary/aromatic N) is 2. The van der Waals surface area contributed by atoms with E-state index in [0.29, 0.717) is 39.3 Å². The molecule has 3 rings (SSSR count). The second kappa shape index (κ2) is 10.2. The lowest BCUT2D eigenvalue weighted by atomic mass is 10.1. The summed E-state index contributed by atoms with van der Waals surface area (Å²) in [5.74, 6) is 0.118. The second-order valence-electron chi connectivity index (χ2n) is 7.99. The molecule has 2 aromatic carbocycles. The number of aryl methyl sites for hydroxylation is 1. The molecule has 0 aliphatic carbocycles. The Morgan fingerprint density at radius 3 is 2.17 bits per heavy atom. The summed E-state index contributed by atoms with van der Waals surface area (Å²) in [5, 5.41) is 0. The first kappa shape index (κ1) is 22.5. The van der Waals surface area contributed by atoms with Gasteiger partial charge >= 0.3 is 0 Å². The fourth-order valence-corrected chi connectivity index (χ4v) is 5.26. The van der Waals surface area contributed by atoms with Crippen LogP contribution >= 0.6 is 0 Å². The van der Waals surface area contributed by atoms with Gasteiger partial charge in [0.1, 0.15) is 0 Å². The maximum absolute atomic E-state index is 12.7. The summed E-state index contributed by atoms with van der Waals surface area (Å²) < 4.78 is 26.9. The van der Waals surface area contributed by atoms with Crippen molar-refractivity contribution in [1.29, 1.82) is 0 Å². The van der Waals surface area contributed by atoms with Gasteiger partial charge in [0.05, 0.1) is 31.9 Å². The number of carbonyl (C=O) groups is 1. The molecular formula is C23H32N3O3S+. The molecule has 1 saturated heterocycles. The molecule has 0 saturated carbocycles. The average Bonchev–Trinajstić information content (AvgIpc) is 2.75. The van der Waals surface area contributed by atoms with E-state index in [1.165, 1.54) is 5.56 Å². The molecule has 6 nitrogen and oxygen atoms in total. The first-order valence-electron chi connectivity index (χ1n) is 10.5. The van der Waals surface area contributed by atoms with Gasteiger partial charge in [-0.3, -0.25) is 4.79 Å². The normalized spacial score (nSPS) is 15.8. The zero-order chi connectivity index (χ0) is 21.6. The van der Waals surface area contributed by atoms with Crippen LogP contribution in [-0.2, 0) is 33.5 Å². The molecule has 1 fully saturated rings. The minimum atomic E-state index is -3.33. The molecule has 1 N–H and O–H groups in total. The molecule has 0 unspecified atom stereocenters. The third-order valence-electron chi connectivity index (χ3n) is 5.69. The molecule has 1 amide bonds. The van der Waals surface area contributed by atoms with Crippen molar-refractivity contribution in [3.05, 3.63) is 71.3 Å². The molecule has 7 heteroatoms. The molecule has 0 aromatic heterocycles. The molecule has 0 bridgehead atoms. The lowest BCUT2D eigenvalue weighted by Gasteiger charge is -2.32. The lowest BCUT2D eigenvalue weighted by Crippen LogP contribution is -3.15. The van der Waals surface area contributed by atoms with E-state index in [0.717, 1.165) is 22.4 Å². The van der Waals surface area contributed by atoms with Gasteiger partial charge in [0.2, 0.25) is 10.0 Å². The minimum Gasteiger partial charge on any atom is -0.337 e. The van der Waals surface area contributed by atoms with Crippen molar-refractivity contribution in [3.8, 4) is 0 Å². The average molecular weight is 431 g/mol. The van der Waals surface area contributed by atoms with Crippen LogP contribution in [0, 0.1) is 0 Å². The zero-order valence-electron chi connectivity index (χ0n) is 17.9. The van der Waals surface area contributed by atoms with E-state index in [2.05, 4.69) is 31.2 Å². The molecule has 30 heavy (non-hydrogen) atoms. The Morgan fingerprint density at radius 2 is 1.57 bits per heavy atom. The Labute approximate surface area is 180 Å². The van der Waals surface area contributed by atoms with Crippen molar-refractivity contribution < 1.29 is 18.1 Å². The Bertz CT molecular complexity index is 922. The number of carbonyl (C=O) groups excluding carboxylic acids is 1. The van der Waals surface area contributed by atoms with Crippen molar-refractivity contribution in [2.24, 2.45) is 0 Å². The lowest BCUT2D eigenvalue weighted by molar-refractivity contribution is -0.896. The van der Waals surface area contributed by atoms with Crippen LogP contribution in [0.3, 0.4) is 0 Å². The fourth-order valence-electron chi connectivity index (χ4n) is 3.72. The highest BCUT2D eigenvalue weighted by molar-refractivity contribution is 7.88. The summed E-state index contributed by atoms with van der Waals surface area (Å²) in [4.78, 5) is 15.5. The molecule has 1 heterocycles. The molecular weight excluding hydrogens is 398 g/mol. The fraction of sp³-hybridized carbons (Fsp3) is 0.435. The SMILES string of the molecule is CCc1ccc(CN(C)C(=O)C[NH+]2CCN(S(=O)(=O)Cc3ccccc3)CC2)cc1. The van der Waals surface area contributed by atoms with E-state index in [-0.39, 0.29) is 11.7 Å². The summed E-state index contributed by atoms with van der Waals surface area (Å²) in [5.41, 5.74) is 3.21. The highest BCUT2D eigenvalue weighted by Gasteiger charge is 2.30. The van der Waals surface area contributed by atoms with Gasteiger partial charge in [-0.25, -0.2) is 8.42 Å². The van der Waals surface area contributed by atoms with E-state index in [1.54, 1.807) is 9.21 Å². The highest BCUT2D eigenvalue weighted by Crippen LogP contribution is 2.11. The monoisotopic (exact) mass is 430 g/mol. The molecule has 2 aromatic rings. The predicted molar refractivity (Wildman–Crippen MR) is 118 cm³/mol. The van der Waals surface area contributed by atoms with Gasteiger partial charge in [-0.2, -0.15) is 4.31 Å². The van der Waals surface area contributed by atoms with Gasteiger partial charge in [0.15, 0.2) is 6.54 Å². The van der Waals surface area contributed by atoms with Crippen molar-refractivity contribution in [2.75, 3.05) is 39.8 Å². The first-order valence-corrected chi connectivity index (χ1v) is 12.2. The maximum Gasteiger partial charge on any atom is 0.277 e. The topological polar surface area (TPSA) is 62.1 Å². The van der Waals surface area contributed by atoms with Crippen LogP contribution in [0.25, 0.3) is 0 Å². The molecule has 0 radical (unpaired) electrons. The Morgan fingerprint density at radius 1 is 0.967 bits per heavy atom. The largest absolute Gasteiger partial charge is 0.337 e. The molecule has 0 spiro atoms. The Hall–Kier alpha value is -2.22. The molecule has 1 aliphatic heterocycles. The van der Waals surface area contributed by atoms with Gasteiger partial charge in [-0.1, -0.05) is 61.5 Å². The third kappa shape index (κ3) is 6.14. The van der Waals surface area contributed by atoms with E-state index in [9.17, 15) is 13.2 Å². The summed E-state index contributed by atoms with van der Waals surface area (Å²) >= 11 is 0. The number of piperazine rings is 1. The van der Waals surface area contributed by atoms with Crippen LogP contribution in [0.2, 0.25) is 0 Å². The number of sulfonamides is 1. The second-order valence-corrected chi connectivity index (χ2v) is 9.96. The van der Waals surface area contributed by atoms with Gasteiger partial charge < -0.3 is 9.80 Å². The quantitative estimate of drug-likeness (QED) is 0.678. The van der Waals surface area contributed by atoms with Gasteiger partial charge in [-0.15, -0.1) is 0 Å². The van der Waals surface area contributed by atoms with E-state index >= 15 is 0 Å². The molecule has 1 aliphatic rings. The molecule has 0 atom stereocenters. The standard InChI is InChI=1S/C23H31N3O3S/c1-3-20-9-11-21(12-10-20)17-24(2)23(27)18-25-13-15-26(16-14-25)30(28,29)19-22-7-5-4-6-8-22/h4-12H,3,13-19H2,1-2H3/p+1. The predicted octanol–water partition coefficient (Wildman–Crippen LogP) is 0.938. The number of nitrogens with one attached hydrogen (secondary N) is 1. The van der Waals surface area contributed by atoms with Gasteiger partial charge in [0, 0.05) is 13.6 Å². The number of likely N-dealkylation sites (N-methyl/N-ethyl adjacent to an activating group) is 1. The Kier molecular flexibility index (Phi) is 7.64. The van der Waals surface area contributed by atoms with Crippen molar-refractivity contribution >= 4 is 15.9 Å². The van der Waals surface area contributed by atoms with Crippen LogP contribution in [0.1, 0.15) is 23.6 Å². The third-order valence-corrected chi connectivity index (χ3v) is 7.54. The minimum absolute atomic E-state index is 0.0294. The van der Waals surface area contributed by atoms with Crippen molar-refractivity contribution in [1.82, 2.24) is 9.21 Å². The van der Waals surface area contributed by atoms with Crippen molar-refractivity contribution in [2.45, 2.75) is 25.6 Å². The van der Waals surface area contributed by atoms with E-state index < -0.39 is 10.0 Å². The van der Waals surface area contributed by atoms with E-state index in [4.69, 9.17) is 0 Å². The van der Waals surface area contributed by atoms with Crippen LogP contribution in [0.4, 0.5) is 0 Å². The van der Waals surface area contributed by atoms with Gasteiger partial charge in [0.25, 0.3) is 5.91 Å². The van der Waals surface area contributed by atoms with Crippen LogP contribution in [0.15, 0.2) is 54.6 Å². The zero-order valence-corrected chi connectivity index (χ0v) is 18.7. The summed E-state index contributed by atoms with van der Waals surface area (Å²) in [7, 11) is -1.50. The van der Waals surface area contributed by atoms with E-state index in [1.807, 2.05) is 37.4 Å². The number of quaternary nitrogens is 1. The first-order chi connectivity index (χ1) is 14.4.